The summed E-state index contributed by atoms with van der Waals surface area (Å²) in [5.41, 5.74) is 4.22. The van der Waals surface area contributed by atoms with Crippen LogP contribution in [0.25, 0.3) is 11.1 Å². The summed E-state index contributed by atoms with van der Waals surface area (Å²) in [6, 6.07) is 13.3. The first-order valence-electron chi connectivity index (χ1n) is 9.30. The highest BCUT2D eigenvalue weighted by Gasteiger charge is 2.23. The van der Waals surface area contributed by atoms with Gasteiger partial charge in [0.15, 0.2) is 0 Å². The van der Waals surface area contributed by atoms with Gasteiger partial charge in [0.2, 0.25) is 0 Å². The number of carbonyl (C=O) groups excluding carboxylic acids is 2. The number of ether oxygens (including phenoxy) is 1. The first kappa shape index (κ1) is 19.1. The Hall–Kier alpha value is -2.66. The maximum absolute atomic E-state index is 12.5. The third-order valence-corrected chi connectivity index (χ3v) is 5.21. The number of benzene rings is 2. The smallest absolute Gasteiger partial charge is 0.337 e. The van der Waals surface area contributed by atoms with E-state index in [1.54, 1.807) is 6.07 Å². The molecule has 0 aromatic heterocycles. The lowest BCUT2D eigenvalue weighted by atomic mass is 9.94. The number of nitrogens with one attached hydrogen (secondary N) is 2. The molecule has 2 atom stereocenters. The zero-order chi connectivity index (χ0) is 19.4. The Morgan fingerprint density at radius 2 is 1.81 bits per heavy atom. The molecule has 1 amide bonds. The molecule has 0 radical (unpaired) electrons. The largest absolute Gasteiger partial charge is 0.465 e. The number of methoxy groups -OCH3 is 1. The number of piperidine rings is 1. The van der Waals surface area contributed by atoms with Crippen LogP contribution in [-0.4, -0.2) is 38.1 Å². The quantitative estimate of drug-likeness (QED) is 0.816. The molecule has 0 aliphatic carbocycles. The van der Waals surface area contributed by atoms with Gasteiger partial charge in [-0.05, 0) is 73.3 Å². The average molecular weight is 366 g/mol. The molecular weight excluding hydrogens is 340 g/mol. The monoisotopic (exact) mass is 366 g/mol. The second-order valence-electron chi connectivity index (χ2n) is 7.15. The van der Waals surface area contributed by atoms with Crippen LogP contribution in [0, 0.1) is 12.8 Å². The maximum atomic E-state index is 12.5. The van der Waals surface area contributed by atoms with E-state index in [9.17, 15) is 9.59 Å². The Morgan fingerprint density at radius 3 is 2.44 bits per heavy atom. The third kappa shape index (κ3) is 4.37. The van der Waals surface area contributed by atoms with E-state index in [1.807, 2.05) is 43.3 Å². The number of rotatable bonds is 4. The molecule has 142 valence electrons. The lowest BCUT2D eigenvalue weighted by Gasteiger charge is -2.30. The van der Waals surface area contributed by atoms with E-state index in [0.29, 0.717) is 17.0 Å². The maximum Gasteiger partial charge on any atom is 0.337 e. The summed E-state index contributed by atoms with van der Waals surface area (Å²) < 4.78 is 4.76. The summed E-state index contributed by atoms with van der Waals surface area (Å²) in [5, 5.41) is 6.49. The van der Waals surface area contributed by atoms with Crippen molar-refractivity contribution < 1.29 is 14.3 Å². The molecule has 1 aliphatic rings. The van der Waals surface area contributed by atoms with Crippen LogP contribution in [0.15, 0.2) is 42.5 Å². The molecule has 2 aromatic carbocycles. The molecule has 2 aromatic rings. The molecule has 0 unspecified atom stereocenters. The van der Waals surface area contributed by atoms with E-state index in [4.69, 9.17) is 4.74 Å². The molecular formula is C22H26N2O3. The zero-order valence-corrected chi connectivity index (χ0v) is 16.0. The molecule has 27 heavy (non-hydrogen) atoms. The topological polar surface area (TPSA) is 67.4 Å². The summed E-state index contributed by atoms with van der Waals surface area (Å²) in [7, 11) is 1.37. The third-order valence-electron chi connectivity index (χ3n) is 5.21. The Labute approximate surface area is 160 Å². The fourth-order valence-electron chi connectivity index (χ4n) is 3.51. The molecule has 1 fully saturated rings. The molecule has 1 heterocycles. The van der Waals surface area contributed by atoms with Crippen molar-refractivity contribution >= 4 is 11.9 Å². The van der Waals surface area contributed by atoms with Crippen molar-refractivity contribution in [1.82, 2.24) is 10.6 Å². The van der Waals surface area contributed by atoms with E-state index < -0.39 is 0 Å². The van der Waals surface area contributed by atoms with Gasteiger partial charge < -0.3 is 15.4 Å². The summed E-state index contributed by atoms with van der Waals surface area (Å²) >= 11 is 0. The van der Waals surface area contributed by atoms with Gasteiger partial charge in [0.1, 0.15) is 0 Å². The SMILES string of the molecule is COC(=O)c1ccc(-c2ccc(C(=O)N[C@@H]3CCNC[C@@H]3C)cc2)c(C)c1. The van der Waals surface area contributed by atoms with Crippen molar-refractivity contribution in [2.45, 2.75) is 26.3 Å². The number of aryl methyl sites for hydroxylation is 1. The van der Waals surface area contributed by atoms with Gasteiger partial charge in [-0.2, -0.15) is 0 Å². The normalized spacial score (nSPS) is 19.4. The zero-order valence-electron chi connectivity index (χ0n) is 16.0. The van der Waals surface area contributed by atoms with Crippen LogP contribution in [0.5, 0.6) is 0 Å². The van der Waals surface area contributed by atoms with Crippen molar-refractivity contribution in [2.24, 2.45) is 5.92 Å². The fraction of sp³-hybridized carbons (Fsp3) is 0.364. The summed E-state index contributed by atoms with van der Waals surface area (Å²) in [6.07, 6.45) is 0.955. The average Bonchev–Trinajstić information content (AvgIpc) is 2.69. The summed E-state index contributed by atoms with van der Waals surface area (Å²) in [5.74, 6) is 0.0554. The first-order valence-corrected chi connectivity index (χ1v) is 9.30. The van der Waals surface area contributed by atoms with E-state index in [0.717, 1.165) is 36.2 Å². The van der Waals surface area contributed by atoms with Gasteiger partial charge in [0.25, 0.3) is 5.91 Å². The van der Waals surface area contributed by atoms with Crippen LogP contribution < -0.4 is 10.6 Å². The van der Waals surface area contributed by atoms with Gasteiger partial charge in [-0.25, -0.2) is 4.79 Å². The molecule has 0 saturated carbocycles. The van der Waals surface area contributed by atoms with Crippen molar-refractivity contribution in [3.05, 3.63) is 59.2 Å². The van der Waals surface area contributed by atoms with Crippen LogP contribution in [0.4, 0.5) is 0 Å². The molecule has 1 aliphatic heterocycles. The second kappa shape index (κ2) is 8.35. The molecule has 5 nitrogen and oxygen atoms in total. The Morgan fingerprint density at radius 1 is 1.11 bits per heavy atom. The van der Waals surface area contributed by atoms with Crippen molar-refractivity contribution in [3.63, 3.8) is 0 Å². The van der Waals surface area contributed by atoms with Crippen molar-refractivity contribution in [1.29, 1.82) is 0 Å². The van der Waals surface area contributed by atoms with Gasteiger partial charge >= 0.3 is 5.97 Å². The van der Waals surface area contributed by atoms with Gasteiger partial charge in [0.05, 0.1) is 12.7 Å². The highest BCUT2D eigenvalue weighted by Crippen LogP contribution is 2.25. The Bertz CT molecular complexity index is 830. The summed E-state index contributed by atoms with van der Waals surface area (Å²) in [4.78, 5) is 24.2. The second-order valence-corrected chi connectivity index (χ2v) is 7.15. The van der Waals surface area contributed by atoms with Crippen LogP contribution in [0.2, 0.25) is 0 Å². The number of esters is 1. The van der Waals surface area contributed by atoms with Gasteiger partial charge in [-0.3, -0.25) is 4.79 Å². The molecule has 5 heteroatoms. The number of amides is 1. The summed E-state index contributed by atoms with van der Waals surface area (Å²) in [6.45, 7) is 5.99. The molecule has 2 N–H and O–H groups in total. The minimum atomic E-state index is -0.344. The Kier molecular flexibility index (Phi) is 5.91. The molecule has 3 rings (SSSR count). The Balaban J connectivity index is 1.73. The predicted octanol–water partition coefficient (Wildman–Crippen LogP) is 3.18. The molecule has 0 spiro atoms. The molecule has 1 saturated heterocycles. The van der Waals surface area contributed by atoms with Crippen LogP contribution >= 0.6 is 0 Å². The van der Waals surface area contributed by atoms with Gasteiger partial charge in [0, 0.05) is 11.6 Å². The van der Waals surface area contributed by atoms with Crippen LogP contribution in [0.3, 0.4) is 0 Å². The van der Waals surface area contributed by atoms with E-state index in [2.05, 4.69) is 17.6 Å². The number of hydrogen-bond acceptors (Lipinski definition) is 4. The lowest BCUT2D eigenvalue weighted by Crippen LogP contribution is -2.48. The van der Waals surface area contributed by atoms with E-state index >= 15 is 0 Å². The fourth-order valence-corrected chi connectivity index (χ4v) is 3.51. The van der Waals surface area contributed by atoms with Crippen LogP contribution in [0.1, 0.15) is 39.6 Å². The van der Waals surface area contributed by atoms with Crippen LogP contribution in [-0.2, 0) is 4.74 Å². The predicted molar refractivity (Wildman–Crippen MR) is 106 cm³/mol. The lowest BCUT2D eigenvalue weighted by molar-refractivity contribution is 0.0600. The first-order chi connectivity index (χ1) is 13.0. The standard InChI is InChI=1S/C22H26N2O3/c1-14-12-18(22(26)27-3)8-9-19(14)16-4-6-17(7-5-16)21(25)24-20-10-11-23-13-15(20)2/h4-9,12,15,20,23H,10-11,13H2,1-3H3,(H,24,25)/t15-,20+/m0/s1. The minimum Gasteiger partial charge on any atom is -0.465 e. The van der Waals surface area contributed by atoms with Gasteiger partial charge in [-0.1, -0.05) is 25.1 Å². The van der Waals surface area contributed by atoms with Gasteiger partial charge in [-0.15, -0.1) is 0 Å². The van der Waals surface area contributed by atoms with E-state index in [1.165, 1.54) is 7.11 Å². The van der Waals surface area contributed by atoms with Crippen molar-refractivity contribution in [3.8, 4) is 11.1 Å². The van der Waals surface area contributed by atoms with E-state index in [-0.39, 0.29) is 17.9 Å². The highest BCUT2D eigenvalue weighted by molar-refractivity contribution is 5.95. The number of hydrogen-bond donors (Lipinski definition) is 2. The highest BCUT2D eigenvalue weighted by atomic mass is 16.5. The minimum absolute atomic E-state index is 0.0296. The van der Waals surface area contributed by atoms with Crippen molar-refractivity contribution in [2.75, 3.05) is 20.2 Å². The molecule has 0 bridgehead atoms. The number of carbonyl (C=O) groups is 2.